The van der Waals surface area contributed by atoms with E-state index < -0.39 is 16.1 Å². The number of sulfonamides is 1. The Morgan fingerprint density at radius 3 is 2.53 bits per heavy atom. The van der Waals surface area contributed by atoms with Crippen LogP contribution in [0.1, 0.15) is 41.8 Å². The maximum Gasteiger partial charge on any atom is 0.264 e. The first kappa shape index (κ1) is 26.1. The lowest BCUT2D eigenvalue weighted by Crippen LogP contribution is -2.41. The summed E-state index contributed by atoms with van der Waals surface area (Å²) in [4.78, 5) is 24.3. The van der Waals surface area contributed by atoms with Gasteiger partial charge in [-0.25, -0.2) is 18.1 Å². The summed E-state index contributed by atoms with van der Waals surface area (Å²) in [6.45, 7) is 9.62. The SMILES string of the molecule is Cc1cccc(C)c1-c1cc2nc(n1)NS(=O)(=O)c1cccc(c1)C(=O)N1CC(CN[C@@H](CC(C)C)C1)O2. The number of anilines is 1. The summed E-state index contributed by atoms with van der Waals surface area (Å²) in [5.74, 6) is 0.354. The highest BCUT2D eigenvalue weighted by Crippen LogP contribution is 2.30. The number of carbonyl (C=O) groups is 1. The summed E-state index contributed by atoms with van der Waals surface area (Å²) in [6, 6.07) is 13.8. The Morgan fingerprint density at radius 2 is 1.79 bits per heavy atom. The fourth-order valence-electron chi connectivity index (χ4n) is 5.19. The van der Waals surface area contributed by atoms with Gasteiger partial charge >= 0.3 is 0 Å². The molecule has 1 fully saturated rings. The largest absolute Gasteiger partial charge is 0.471 e. The number of ether oxygens (including phenoxy) is 1. The Hall–Kier alpha value is -3.50. The number of fused-ring (bicyclic) bond motifs is 6. The van der Waals surface area contributed by atoms with Gasteiger partial charge in [-0.2, -0.15) is 4.98 Å². The van der Waals surface area contributed by atoms with Crippen LogP contribution in [0.15, 0.2) is 53.4 Å². The summed E-state index contributed by atoms with van der Waals surface area (Å²) in [7, 11) is -4.07. The minimum atomic E-state index is -4.07. The molecular weight excluding hydrogens is 502 g/mol. The monoisotopic (exact) mass is 535 g/mol. The van der Waals surface area contributed by atoms with E-state index in [-0.39, 0.29) is 28.7 Å². The number of carbonyl (C=O) groups excluding carboxylic acids is 1. The van der Waals surface area contributed by atoms with Crippen LogP contribution in [0.25, 0.3) is 11.3 Å². The van der Waals surface area contributed by atoms with Gasteiger partial charge in [-0.3, -0.25) is 4.79 Å². The molecule has 0 radical (unpaired) electrons. The van der Waals surface area contributed by atoms with Gasteiger partial charge < -0.3 is 15.0 Å². The van der Waals surface area contributed by atoms with Crippen molar-refractivity contribution in [2.45, 2.75) is 51.2 Å². The molecule has 1 saturated heterocycles. The lowest BCUT2D eigenvalue weighted by Gasteiger charge is -2.26. The average molecular weight is 536 g/mol. The Bertz CT molecular complexity index is 1450. The van der Waals surface area contributed by atoms with Gasteiger partial charge in [0.05, 0.1) is 17.1 Å². The molecule has 6 bridgehead atoms. The minimum absolute atomic E-state index is 0.0330. The van der Waals surface area contributed by atoms with E-state index in [1.165, 1.54) is 12.1 Å². The molecule has 1 aromatic heterocycles. The fourth-order valence-corrected chi connectivity index (χ4v) is 6.18. The van der Waals surface area contributed by atoms with E-state index >= 15 is 0 Å². The van der Waals surface area contributed by atoms with Crippen LogP contribution in [-0.2, 0) is 10.0 Å². The smallest absolute Gasteiger partial charge is 0.264 e. The highest BCUT2D eigenvalue weighted by molar-refractivity contribution is 7.92. The van der Waals surface area contributed by atoms with E-state index in [4.69, 9.17) is 4.74 Å². The maximum atomic E-state index is 13.6. The van der Waals surface area contributed by atoms with Crippen LogP contribution in [-0.4, -0.2) is 61.0 Å². The fraction of sp³-hybridized carbons (Fsp3) is 0.393. The Kier molecular flexibility index (Phi) is 7.11. The Labute approximate surface area is 223 Å². The number of amides is 1. The van der Waals surface area contributed by atoms with E-state index in [2.05, 4.69) is 33.9 Å². The number of nitrogens with one attached hydrogen (secondary N) is 2. The van der Waals surface area contributed by atoms with E-state index in [0.29, 0.717) is 36.8 Å². The normalized spacial score (nSPS) is 20.9. The third-order valence-corrected chi connectivity index (χ3v) is 8.21. The first-order chi connectivity index (χ1) is 18.1. The number of aryl methyl sites for hydroxylation is 2. The third kappa shape index (κ3) is 5.51. The molecule has 9 nitrogen and oxygen atoms in total. The summed E-state index contributed by atoms with van der Waals surface area (Å²) in [6.07, 6.45) is 0.494. The highest BCUT2D eigenvalue weighted by Gasteiger charge is 2.31. The number of rotatable bonds is 3. The molecule has 0 saturated carbocycles. The highest BCUT2D eigenvalue weighted by atomic mass is 32.2. The van der Waals surface area contributed by atoms with Crippen LogP contribution in [0.4, 0.5) is 5.95 Å². The minimum Gasteiger partial charge on any atom is -0.471 e. The van der Waals surface area contributed by atoms with E-state index in [1.54, 1.807) is 23.1 Å². The Balaban J connectivity index is 1.65. The van der Waals surface area contributed by atoms with Crippen molar-refractivity contribution < 1.29 is 17.9 Å². The third-order valence-electron chi connectivity index (χ3n) is 6.89. The van der Waals surface area contributed by atoms with Crippen LogP contribution in [0.2, 0.25) is 0 Å². The van der Waals surface area contributed by atoms with Crippen LogP contribution in [0, 0.1) is 19.8 Å². The van der Waals surface area contributed by atoms with Gasteiger partial charge in [0.15, 0.2) is 0 Å². The van der Waals surface area contributed by atoms with Crippen LogP contribution in [0.5, 0.6) is 5.88 Å². The Morgan fingerprint density at radius 1 is 1.05 bits per heavy atom. The van der Waals surface area contributed by atoms with Crippen LogP contribution < -0.4 is 14.8 Å². The molecule has 2 aliphatic rings. The molecule has 2 aliphatic heterocycles. The number of nitrogens with zero attached hydrogens (tertiary/aromatic N) is 3. The molecule has 0 spiro atoms. The van der Waals surface area contributed by atoms with E-state index in [0.717, 1.165) is 23.1 Å². The summed E-state index contributed by atoms with van der Waals surface area (Å²) < 4.78 is 35.5. The van der Waals surface area contributed by atoms with Gasteiger partial charge in [-0.05, 0) is 55.5 Å². The van der Waals surface area contributed by atoms with Gasteiger partial charge in [0.25, 0.3) is 15.9 Å². The van der Waals surface area contributed by atoms with Crippen molar-refractivity contribution in [1.82, 2.24) is 20.2 Å². The number of aromatic nitrogens is 2. The molecule has 10 heteroatoms. The molecule has 2 atom stereocenters. The molecule has 3 aromatic rings. The zero-order valence-electron chi connectivity index (χ0n) is 22.1. The van der Waals surface area contributed by atoms with Crippen molar-refractivity contribution in [3.05, 3.63) is 65.2 Å². The van der Waals surface area contributed by atoms with Crippen molar-refractivity contribution in [3.8, 4) is 17.1 Å². The van der Waals surface area contributed by atoms with Crippen molar-refractivity contribution in [1.29, 1.82) is 0 Å². The molecule has 1 amide bonds. The second-order valence-corrected chi connectivity index (χ2v) is 12.2. The van der Waals surface area contributed by atoms with Crippen molar-refractivity contribution in [2.24, 2.45) is 5.92 Å². The van der Waals surface area contributed by atoms with Crippen LogP contribution >= 0.6 is 0 Å². The average Bonchev–Trinajstić information content (AvgIpc) is 3.04. The summed E-state index contributed by atoms with van der Waals surface area (Å²) in [5, 5.41) is 3.56. The van der Waals surface area contributed by atoms with Crippen molar-refractivity contribution >= 4 is 21.9 Å². The van der Waals surface area contributed by atoms with Crippen molar-refractivity contribution in [3.63, 3.8) is 0 Å². The number of hydrogen-bond acceptors (Lipinski definition) is 7. The molecular formula is C28H33N5O4S. The molecule has 3 heterocycles. The van der Waals surface area contributed by atoms with Crippen LogP contribution in [0.3, 0.4) is 0 Å². The molecule has 0 aliphatic carbocycles. The van der Waals surface area contributed by atoms with Gasteiger partial charge in [0, 0.05) is 36.3 Å². The van der Waals surface area contributed by atoms with Gasteiger partial charge in [0.2, 0.25) is 11.8 Å². The predicted octanol–water partition coefficient (Wildman–Crippen LogP) is 3.78. The lowest BCUT2D eigenvalue weighted by molar-refractivity contribution is 0.0681. The summed E-state index contributed by atoms with van der Waals surface area (Å²) >= 11 is 0. The molecule has 1 unspecified atom stereocenters. The zero-order valence-corrected chi connectivity index (χ0v) is 22.9. The zero-order chi connectivity index (χ0) is 27.0. The van der Waals surface area contributed by atoms with E-state index in [1.807, 2.05) is 32.0 Å². The second-order valence-electron chi connectivity index (χ2n) is 10.5. The first-order valence-electron chi connectivity index (χ1n) is 12.9. The standard InChI is InChI=1S/C28H33N5O4S/c1-17(2)11-21-15-33-16-22(14-29-21)37-25-13-24(26-18(3)7-5-8-19(26)4)30-28(31-25)32-38(35,36)23-10-6-9-20(12-23)27(33)34/h5-10,12-13,17,21-22,29H,11,14-16H2,1-4H3,(H,30,31,32)/t21-,22?/m0/s1. The molecule has 5 rings (SSSR count). The topological polar surface area (TPSA) is 114 Å². The number of benzene rings is 2. The van der Waals surface area contributed by atoms with Crippen molar-refractivity contribution in [2.75, 3.05) is 24.4 Å². The second kappa shape index (κ2) is 10.3. The summed E-state index contributed by atoms with van der Waals surface area (Å²) in [5.41, 5.74) is 3.75. The lowest BCUT2D eigenvalue weighted by atomic mass is 10.00. The van der Waals surface area contributed by atoms with Gasteiger partial charge in [-0.1, -0.05) is 38.1 Å². The van der Waals surface area contributed by atoms with E-state index in [9.17, 15) is 13.2 Å². The van der Waals surface area contributed by atoms with Gasteiger partial charge in [-0.15, -0.1) is 0 Å². The predicted molar refractivity (Wildman–Crippen MR) is 146 cm³/mol. The molecule has 2 aromatic carbocycles. The molecule has 38 heavy (non-hydrogen) atoms. The first-order valence-corrected chi connectivity index (χ1v) is 14.4. The maximum absolute atomic E-state index is 13.6. The van der Waals surface area contributed by atoms with Gasteiger partial charge in [0.1, 0.15) is 6.10 Å². The molecule has 2 N–H and O–H groups in total. The molecule has 200 valence electrons. The quantitative estimate of drug-likeness (QED) is 0.525. The number of hydrogen-bond donors (Lipinski definition) is 2.